The molecule has 1 saturated heterocycles. The number of aromatic nitrogens is 3. The van der Waals surface area contributed by atoms with E-state index in [1.807, 2.05) is 48.5 Å². The number of ether oxygens (including phenoxy) is 3. The van der Waals surface area contributed by atoms with Crippen molar-refractivity contribution in [1.82, 2.24) is 15.1 Å². The second-order valence-corrected chi connectivity index (χ2v) is 9.99. The quantitative estimate of drug-likeness (QED) is 0.285. The SMILES string of the molecule is COc1cc(Nc2cc(N3CCN(c4ncccn4)CC3)c3noc4c3c2C(=O)c2ccccc2-4)cc(OC)c1OC. The monoisotopic (exact) mass is 564 g/mol. The molecule has 1 fully saturated rings. The van der Waals surface area contributed by atoms with Gasteiger partial charge in [-0.1, -0.05) is 29.4 Å². The van der Waals surface area contributed by atoms with Crippen LogP contribution in [-0.2, 0) is 0 Å². The minimum atomic E-state index is -0.0983. The zero-order valence-corrected chi connectivity index (χ0v) is 23.4. The van der Waals surface area contributed by atoms with Gasteiger partial charge in [-0.2, -0.15) is 0 Å². The van der Waals surface area contributed by atoms with E-state index in [9.17, 15) is 4.79 Å². The van der Waals surface area contributed by atoms with E-state index in [4.69, 9.17) is 18.7 Å². The molecule has 2 aliphatic rings. The number of hydrogen-bond donors (Lipinski definition) is 1. The zero-order chi connectivity index (χ0) is 28.8. The Hall–Kier alpha value is -5.32. The Kier molecular flexibility index (Phi) is 6.26. The van der Waals surface area contributed by atoms with E-state index in [2.05, 4.69) is 30.2 Å². The maximum Gasteiger partial charge on any atom is 0.225 e. The molecule has 7 rings (SSSR count). The molecular formula is C31H28N6O5. The highest BCUT2D eigenvalue weighted by Gasteiger charge is 2.34. The second kappa shape index (κ2) is 10.3. The van der Waals surface area contributed by atoms with Crippen molar-refractivity contribution in [2.45, 2.75) is 0 Å². The lowest BCUT2D eigenvalue weighted by atomic mass is 9.86. The number of methoxy groups -OCH3 is 3. The van der Waals surface area contributed by atoms with Crippen LogP contribution < -0.4 is 29.3 Å². The predicted molar refractivity (Wildman–Crippen MR) is 159 cm³/mol. The Morgan fingerprint density at radius 2 is 1.50 bits per heavy atom. The maximum absolute atomic E-state index is 14.0. The van der Waals surface area contributed by atoms with Gasteiger partial charge in [0.25, 0.3) is 0 Å². The smallest absolute Gasteiger partial charge is 0.225 e. The van der Waals surface area contributed by atoms with Gasteiger partial charge in [0.1, 0.15) is 5.52 Å². The van der Waals surface area contributed by atoms with Crippen molar-refractivity contribution in [3.63, 3.8) is 0 Å². The summed E-state index contributed by atoms with van der Waals surface area (Å²) in [6, 6.07) is 14.9. The van der Waals surface area contributed by atoms with Crippen LogP contribution in [0.3, 0.4) is 0 Å². The van der Waals surface area contributed by atoms with Crippen LogP contribution in [0.4, 0.5) is 23.0 Å². The number of benzene rings is 3. The first kappa shape index (κ1) is 25.6. The second-order valence-electron chi connectivity index (χ2n) is 9.99. The Bertz CT molecular complexity index is 1790. The Morgan fingerprint density at radius 1 is 0.833 bits per heavy atom. The maximum atomic E-state index is 14.0. The molecule has 0 spiro atoms. The van der Waals surface area contributed by atoms with Crippen molar-refractivity contribution in [1.29, 1.82) is 0 Å². The number of anilines is 4. The van der Waals surface area contributed by atoms with Crippen molar-refractivity contribution in [2.75, 3.05) is 62.6 Å². The summed E-state index contributed by atoms with van der Waals surface area (Å²) in [4.78, 5) is 27.3. The number of hydrogen-bond acceptors (Lipinski definition) is 11. The Morgan fingerprint density at radius 3 is 2.17 bits per heavy atom. The summed E-state index contributed by atoms with van der Waals surface area (Å²) in [5, 5.41) is 8.68. The van der Waals surface area contributed by atoms with Crippen LogP contribution >= 0.6 is 0 Å². The van der Waals surface area contributed by atoms with Crippen LogP contribution in [0.25, 0.3) is 22.2 Å². The fourth-order valence-electron chi connectivity index (χ4n) is 5.79. The molecule has 0 atom stereocenters. The van der Waals surface area contributed by atoms with Crippen molar-refractivity contribution >= 4 is 39.7 Å². The largest absolute Gasteiger partial charge is 0.493 e. The first-order chi connectivity index (χ1) is 20.6. The number of nitrogens with one attached hydrogen (secondary N) is 1. The van der Waals surface area contributed by atoms with Crippen LogP contribution in [0.15, 0.2) is 65.4 Å². The van der Waals surface area contributed by atoms with Gasteiger partial charge in [0, 0.05) is 67.5 Å². The first-order valence-corrected chi connectivity index (χ1v) is 13.6. The number of nitrogens with zero attached hydrogens (tertiary/aromatic N) is 5. The lowest BCUT2D eigenvalue weighted by Gasteiger charge is -2.36. The molecular weight excluding hydrogens is 536 g/mol. The van der Waals surface area contributed by atoms with E-state index < -0.39 is 0 Å². The van der Waals surface area contributed by atoms with Crippen LogP contribution in [0.2, 0.25) is 0 Å². The van der Waals surface area contributed by atoms with Crippen molar-refractivity contribution in [2.24, 2.45) is 0 Å². The van der Waals surface area contributed by atoms with E-state index in [1.54, 1.807) is 33.7 Å². The van der Waals surface area contributed by atoms with Crippen LogP contribution in [0.1, 0.15) is 15.9 Å². The van der Waals surface area contributed by atoms with Gasteiger partial charge in [-0.25, -0.2) is 9.97 Å². The highest BCUT2D eigenvalue weighted by atomic mass is 16.5. The number of fused-ring (bicyclic) bond motifs is 2. The molecule has 1 N–H and O–H groups in total. The lowest BCUT2D eigenvalue weighted by molar-refractivity contribution is 0.104. The fraction of sp³-hybridized carbons (Fsp3) is 0.226. The summed E-state index contributed by atoms with van der Waals surface area (Å²) >= 11 is 0. The highest BCUT2D eigenvalue weighted by Crippen LogP contribution is 2.47. The topological polar surface area (TPSA) is 115 Å². The third-order valence-electron chi connectivity index (χ3n) is 7.78. The molecule has 0 amide bonds. The lowest BCUT2D eigenvalue weighted by Crippen LogP contribution is -2.47. The standard InChI is InChI=1S/C31H28N6O5/c1-39-23-15-18(16-24(40-2)30(23)41-3)34-21-17-22(36-11-13-37(14-12-36)31-32-9-6-10-33-31)27-26-25(21)28(38)19-7-4-5-8-20(19)29(26)42-35-27/h4-10,15-17,34H,11-14H2,1-3H3. The minimum absolute atomic E-state index is 0.0983. The molecule has 11 nitrogen and oxygen atoms in total. The molecule has 42 heavy (non-hydrogen) atoms. The van der Waals surface area contributed by atoms with Crippen LogP contribution in [-0.4, -0.2) is 68.4 Å². The van der Waals surface area contributed by atoms with E-state index in [1.165, 1.54) is 0 Å². The molecule has 11 heteroatoms. The summed E-state index contributed by atoms with van der Waals surface area (Å²) in [6.45, 7) is 2.89. The Labute approximate surface area is 241 Å². The van der Waals surface area contributed by atoms with Crippen molar-refractivity contribution in [3.05, 3.63) is 72.1 Å². The molecule has 1 aliphatic heterocycles. The van der Waals surface area contributed by atoms with Gasteiger partial charge in [0.05, 0.1) is 43.7 Å². The van der Waals surface area contributed by atoms with Gasteiger partial charge in [0.2, 0.25) is 11.7 Å². The fourth-order valence-corrected chi connectivity index (χ4v) is 5.79. The van der Waals surface area contributed by atoms with E-state index >= 15 is 0 Å². The third kappa shape index (κ3) is 4.04. The zero-order valence-electron chi connectivity index (χ0n) is 23.4. The van der Waals surface area contributed by atoms with Crippen LogP contribution in [0.5, 0.6) is 17.2 Å². The average molecular weight is 565 g/mol. The summed E-state index contributed by atoms with van der Waals surface area (Å²) in [5.74, 6) is 2.67. The van der Waals surface area contributed by atoms with Gasteiger partial charge in [-0.05, 0) is 12.1 Å². The number of rotatable bonds is 7. The van der Waals surface area contributed by atoms with E-state index in [0.29, 0.717) is 75.5 Å². The number of carbonyl (C=O) groups is 1. The average Bonchev–Trinajstić information content (AvgIpc) is 3.49. The number of piperazine rings is 1. The number of ketones is 1. The highest BCUT2D eigenvalue weighted by molar-refractivity contribution is 6.28. The summed E-state index contributed by atoms with van der Waals surface area (Å²) in [6.07, 6.45) is 3.50. The van der Waals surface area contributed by atoms with Gasteiger partial charge in [0.15, 0.2) is 23.0 Å². The van der Waals surface area contributed by atoms with Gasteiger partial charge in [-0.3, -0.25) is 4.79 Å². The van der Waals surface area contributed by atoms with Gasteiger partial charge >= 0.3 is 0 Å². The van der Waals surface area contributed by atoms with E-state index in [0.717, 1.165) is 24.3 Å². The normalized spacial score (nSPS) is 14.1. The molecule has 1 aliphatic carbocycles. The van der Waals surface area contributed by atoms with Crippen molar-refractivity contribution in [3.8, 4) is 28.6 Å². The number of carbonyl (C=O) groups excluding carboxylic acids is 1. The molecule has 212 valence electrons. The molecule has 3 aromatic carbocycles. The van der Waals surface area contributed by atoms with Gasteiger partial charge in [-0.15, -0.1) is 0 Å². The third-order valence-corrected chi connectivity index (χ3v) is 7.78. The minimum Gasteiger partial charge on any atom is -0.493 e. The predicted octanol–water partition coefficient (Wildman–Crippen LogP) is 4.93. The Balaban J connectivity index is 1.35. The molecule has 0 unspecified atom stereocenters. The van der Waals surface area contributed by atoms with Crippen molar-refractivity contribution < 1.29 is 23.5 Å². The first-order valence-electron chi connectivity index (χ1n) is 13.6. The van der Waals surface area contributed by atoms with E-state index in [-0.39, 0.29) is 5.78 Å². The van der Waals surface area contributed by atoms with Gasteiger partial charge < -0.3 is 33.9 Å². The summed E-state index contributed by atoms with van der Waals surface area (Å²) in [7, 11) is 4.70. The molecule has 0 bridgehead atoms. The molecule has 0 saturated carbocycles. The molecule has 0 radical (unpaired) electrons. The molecule has 2 aromatic heterocycles. The molecule has 3 heterocycles. The van der Waals surface area contributed by atoms with Crippen LogP contribution in [0, 0.1) is 0 Å². The summed E-state index contributed by atoms with van der Waals surface area (Å²) < 4.78 is 22.6. The summed E-state index contributed by atoms with van der Waals surface area (Å²) in [5.41, 5.74) is 4.64. The molecule has 5 aromatic rings.